The summed E-state index contributed by atoms with van der Waals surface area (Å²) >= 11 is 12.3. The maximum absolute atomic E-state index is 12.3. The number of benzene rings is 2. The highest BCUT2D eigenvalue weighted by Gasteiger charge is 2.49. The van der Waals surface area contributed by atoms with Crippen LogP contribution in [-0.4, -0.2) is 55.7 Å². The minimum atomic E-state index is -0.511. The van der Waals surface area contributed by atoms with Gasteiger partial charge in [0.05, 0.1) is 40.3 Å². The molecule has 0 aliphatic carbocycles. The Labute approximate surface area is 222 Å². The first kappa shape index (κ1) is 26.6. The number of rotatable bonds is 6. The molecule has 0 atom stereocenters. The van der Waals surface area contributed by atoms with Crippen LogP contribution in [0.1, 0.15) is 38.3 Å². The maximum Gasteiger partial charge on any atom is 0.410 e. The van der Waals surface area contributed by atoms with Crippen LogP contribution >= 0.6 is 23.2 Å². The van der Waals surface area contributed by atoms with Crippen molar-refractivity contribution >= 4 is 35.0 Å². The molecule has 1 amide bonds. The molecule has 2 fully saturated rings. The fourth-order valence-corrected chi connectivity index (χ4v) is 4.68. The van der Waals surface area contributed by atoms with E-state index in [9.17, 15) is 4.79 Å². The summed E-state index contributed by atoms with van der Waals surface area (Å²) in [6.45, 7) is 9.10. The lowest BCUT2D eigenvalue weighted by atomic mass is 9.81. The van der Waals surface area contributed by atoms with Gasteiger partial charge in [-0.25, -0.2) is 4.79 Å². The van der Waals surface area contributed by atoms with Crippen LogP contribution in [0.25, 0.3) is 0 Å². The summed E-state index contributed by atoms with van der Waals surface area (Å²) in [4.78, 5) is 16.2. The summed E-state index contributed by atoms with van der Waals surface area (Å²) in [7, 11) is 0. The van der Waals surface area contributed by atoms with Gasteiger partial charge in [0.15, 0.2) is 6.29 Å². The van der Waals surface area contributed by atoms with E-state index in [0.29, 0.717) is 61.4 Å². The van der Waals surface area contributed by atoms with Crippen molar-refractivity contribution in [2.45, 2.75) is 45.6 Å². The van der Waals surface area contributed by atoms with Crippen LogP contribution in [-0.2, 0) is 20.8 Å². The molecule has 36 heavy (non-hydrogen) atoms. The monoisotopic (exact) mass is 531 g/mol. The Kier molecular flexibility index (Phi) is 8.01. The van der Waals surface area contributed by atoms with E-state index in [4.69, 9.17) is 42.7 Å². The van der Waals surface area contributed by atoms with Gasteiger partial charge in [-0.3, -0.25) is 0 Å². The van der Waals surface area contributed by atoms with Crippen LogP contribution in [0.4, 0.5) is 10.5 Å². The highest BCUT2D eigenvalue weighted by Crippen LogP contribution is 2.36. The van der Waals surface area contributed by atoms with E-state index < -0.39 is 5.60 Å². The van der Waals surface area contributed by atoms with Crippen molar-refractivity contribution in [3.05, 3.63) is 63.6 Å². The molecule has 0 radical (unpaired) electrons. The van der Waals surface area contributed by atoms with E-state index in [2.05, 4.69) is 11.0 Å². The smallest absolute Gasteiger partial charge is 0.410 e. The lowest BCUT2D eigenvalue weighted by Crippen LogP contribution is -2.65. The number of halogens is 2. The van der Waals surface area contributed by atoms with Crippen molar-refractivity contribution in [2.24, 2.45) is 5.41 Å². The predicted octanol–water partition coefficient (Wildman–Crippen LogP) is 5.87. The van der Waals surface area contributed by atoms with Gasteiger partial charge in [-0.15, -0.1) is 0 Å². The predicted molar refractivity (Wildman–Crippen MR) is 139 cm³/mol. The minimum Gasteiger partial charge on any atom is -0.444 e. The molecule has 0 aromatic heterocycles. The van der Waals surface area contributed by atoms with Crippen molar-refractivity contribution in [1.82, 2.24) is 4.90 Å². The minimum absolute atomic E-state index is 0.166. The number of hydrogen-bond donors (Lipinski definition) is 0. The van der Waals surface area contributed by atoms with Gasteiger partial charge < -0.3 is 24.0 Å². The molecule has 9 heteroatoms. The van der Waals surface area contributed by atoms with Crippen LogP contribution in [0.5, 0.6) is 0 Å². The first-order valence-corrected chi connectivity index (χ1v) is 12.7. The molecule has 0 saturated carbocycles. The van der Waals surface area contributed by atoms with Gasteiger partial charge in [0.25, 0.3) is 0 Å². The van der Waals surface area contributed by atoms with Gasteiger partial charge in [0, 0.05) is 38.3 Å². The molecule has 0 bridgehead atoms. The van der Waals surface area contributed by atoms with E-state index >= 15 is 0 Å². The molecule has 7 nitrogen and oxygen atoms in total. The van der Waals surface area contributed by atoms with Gasteiger partial charge >= 0.3 is 6.09 Å². The van der Waals surface area contributed by atoms with Crippen LogP contribution in [0, 0.1) is 16.7 Å². The van der Waals surface area contributed by atoms with Gasteiger partial charge in [0.2, 0.25) is 0 Å². The molecule has 2 saturated heterocycles. The van der Waals surface area contributed by atoms with Crippen LogP contribution in [0.15, 0.2) is 42.5 Å². The Morgan fingerprint density at radius 1 is 1.14 bits per heavy atom. The number of anilines is 1. The molecule has 192 valence electrons. The zero-order valence-corrected chi connectivity index (χ0v) is 22.3. The Balaban J connectivity index is 1.33. The molecule has 4 rings (SSSR count). The third-order valence-electron chi connectivity index (χ3n) is 6.21. The molecule has 0 unspecified atom stereocenters. The molecule has 1 spiro atoms. The molecular formula is C27H31Cl2N3O4. The van der Waals surface area contributed by atoms with E-state index in [0.717, 1.165) is 11.3 Å². The summed E-state index contributed by atoms with van der Waals surface area (Å²) in [6, 6.07) is 15.3. The number of likely N-dealkylation sites (tertiary alicyclic amines) is 1. The highest BCUT2D eigenvalue weighted by molar-refractivity contribution is 6.42. The van der Waals surface area contributed by atoms with Gasteiger partial charge in [-0.2, -0.15) is 5.26 Å². The second kappa shape index (κ2) is 10.9. The summed E-state index contributed by atoms with van der Waals surface area (Å²) < 4.78 is 17.6. The molecule has 2 aliphatic heterocycles. The van der Waals surface area contributed by atoms with Crippen LogP contribution in [0.3, 0.4) is 0 Å². The fourth-order valence-electron chi connectivity index (χ4n) is 4.36. The quantitative estimate of drug-likeness (QED) is 0.463. The Bertz CT molecular complexity index is 1110. The van der Waals surface area contributed by atoms with E-state index in [1.165, 1.54) is 0 Å². The average molecular weight is 532 g/mol. The molecule has 2 aliphatic rings. The maximum atomic E-state index is 12.3. The molecule has 0 N–H and O–H groups in total. The first-order chi connectivity index (χ1) is 17.1. The topological polar surface area (TPSA) is 75.0 Å². The zero-order valence-electron chi connectivity index (χ0n) is 20.8. The number of amides is 1. The molecular weight excluding hydrogens is 501 g/mol. The normalized spacial score (nSPS) is 17.4. The number of carbonyl (C=O) groups excluding carboxylic acids is 1. The SMILES string of the molecule is CC(C)(C)OC(=O)N1CC2(COC(CCN(Cc3ccc(Cl)c(Cl)c3)c3ccc(C#N)cc3)OC2)C1. The Morgan fingerprint density at radius 2 is 1.81 bits per heavy atom. The fraction of sp³-hybridized carbons (Fsp3) is 0.481. The van der Waals surface area contributed by atoms with Gasteiger partial charge in [-0.05, 0) is 62.7 Å². The second-order valence-corrected chi connectivity index (χ2v) is 11.3. The van der Waals surface area contributed by atoms with E-state index in [-0.39, 0.29) is 17.8 Å². The van der Waals surface area contributed by atoms with Crippen molar-refractivity contribution in [2.75, 3.05) is 37.7 Å². The molecule has 2 aromatic rings. The molecule has 2 aromatic carbocycles. The summed E-state index contributed by atoms with van der Waals surface area (Å²) in [5.41, 5.74) is 1.94. The van der Waals surface area contributed by atoms with Crippen molar-refractivity contribution < 1.29 is 19.0 Å². The van der Waals surface area contributed by atoms with Crippen molar-refractivity contribution in [3.8, 4) is 6.07 Å². The number of hydrogen-bond acceptors (Lipinski definition) is 6. The third kappa shape index (κ3) is 6.63. The first-order valence-electron chi connectivity index (χ1n) is 12.0. The summed E-state index contributed by atoms with van der Waals surface area (Å²) in [5, 5.41) is 10.2. The summed E-state index contributed by atoms with van der Waals surface area (Å²) in [5.74, 6) is 0. The lowest BCUT2D eigenvalue weighted by Gasteiger charge is -2.52. The number of nitrogens with zero attached hydrogens (tertiary/aromatic N) is 3. The Hall–Kier alpha value is -2.50. The van der Waals surface area contributed by atoms with Crippen molar-refractivity contribution in [1.29, 1.82) is 5.26 Å². The lowest BCUT2D eigenvalue weighted by molar-refractivity contribution is -0.254. The zero-order chi connectivity index (χ0) is 25.9. The highest BCUT2D eigenvalue weighted by atomic mass is 35.5. The van der Waals surface area contributed by atoms with Gasteiger partial charge in [-0.1, -0.05) is 29.3 Å². The van der Waals surface area contributed by atoms with Crippen molar-refractivity contribution in [3.63, 3.8) is 0 Å². The number of nitriles is 1. The van der Waals surface area contributed by atoms with E-state index in [1.807, 2.05) is 57.2 Å². The second-order valence-electron chi connectivity index (χ2n) is 10.5. The molecule has 2 heterocycles. The van der Waals surface area contributed by atoms with Gasteiger partial charge in [0.1, 0.15) is 5.60 Å². The Morgan fingerprint density at radius 3 is 2.39 bits per heavy atom. The number of carbonyl (C=O) groups is 1. The number of ether oxygens (including phenoxy) is 3. The largest absolute Gasteiger partial charge is 0.444 e. The van der Waals surface area contributed by atoms with Crippen LogP contribution < -0.4 is 4.90 Å². The summed E-state index contributed by atoms with van der Waals surface area (Å²) in [6.07, 6.45) is 0.0317. The standard InChI is InChI=1S/C27H31Cl2N3O4/c1-26(2,3)36-25(33)32-15-27(16-32)17-34-24(35-18-27)10-11-31(21-7-4-19(13-30)5-8-21)14-20-6-9-22(28)23(29)12-20/h4-9,12,24H,10-11,14-18H2,1-3H3. The van der Waals surface area contributed by atoms with E-state index in [1.54, 1.807) is 11.0 Å². The third-order valence-corrected chi connectivity index (χ3v) is 6.95. The van der Waals surface area contributed by atoms with Crippen LogP contribution in [0.2, 0.25) is 10.0 Å². The average Bonchev–Trinajstić information content (AvgIpc) is 2.82.